The van der Waals surface area contributed by atoms with E-state index in [0.717, 1.165) is 11.4 Å². The van der Waals surface area contributed by atoms with Gasteiger partial charge in [-0.1, -0.05) is 12.1 Å². The van der Waals surface area contributed by atoms with Crippen LogP contribution in [0.4, 0.5) is 5.69 Å². The smallest absolute Gasteiger partial charge is 0.227 e. The number of para-hydroxylation sites is 1. The van der Waals surface area contributed by atoms with Crippen molar-refractivity contribution >= 4 is 17.4 Å². The number of furan rings is 1. The molecule has 20 heavy (non-hydrogen) atoms. The summed E-state index contributed by atoms with van der Waals surface area (Å²) in [6.07, 6.45) is 2.96. The topological polar surface area (TPSA) is 50.5 Å². The SMILES string of the molecule is O=C1CCN(C(=O)CCc2ccco2)c2ccccc21. The van der Waals surface area contributed by atoms with Crippen LogP contribution in [0.15, 0.2) is 47.1 Å². The number of anilines is 1. The van der Waals surface area contributed by atoms with Crippen LogP contribution in [-0.2, 0) is 11.2 Å². The second-order valence-corrected chi connectivity index (χ2v) is 4.82. The Kier molecular flexibility index (Phi) is 3.37. The van der Waals surface area contributed by atoms with Gasteiger partial charge in [-0.05, 0) is 24.3 Å². The zero-order chi connectivity index (χ0) is 13.9. The predicted molar refractivity (Wildman–Crippen MR) is 74.8 cm³/mol. The Balaban J connectivity index is 1.75. The van der Waals surface area contributed by atoms with E-state index in [9.17, 15) is 9.59 Å². The summed E-state index contributed by atoms with van der Waals surface area (Å²) in [6, 6.07) is 11.0. The number of nitrogens with zero attached hydrogens (tertiary/aromatic N) is 1. The van der Waals surface area contributed by atoms with E-state index >= 15 is 0 Å². The van der Waals surface area contributed by atoms with Crippen molar-refractivity contribution in [2.45, 2.75) is 19.3 Å². The molecule has 2 aromatic rings. The molecule has 2 heterocycles. The standard InChI is InChI=1S/C16H15NO3/c18-15-9-10-17(14-6-2-1-5-13(14)15)16(19)8-7-12-4-3-11-20-12/h1-6,11H,7-10H2. The van der Waals surface area contributed by atoms with Crippen molar-refractivity contribution in [2.75, 3.05) is 11.4 Å². The van der Waals surface area contributed by atoms with Crippen molar-refractivity contribution in [2.24, 2.45) is 0 Å². The number of benzene rings is 1. The van der Waals surface area contributed by atoms with Crippen molar-refractivity contribution in [3.63, 3.8) is 0 Å². The van der Waals surface area contributed by atoms with E-state index in [4.69, 9.17) is 4.42 Å². The molecule has 0 unspecified atom stereocenters. The molecular formula is C16H15NO3. The third kappa shape index (κ3) is 2.37. The summed E-state index contributed by atoms with van der Waals surface area (Å²) in [5, 5.41) is 0. The number of rotatable bonds is 3. The zero-order valence-corrected chi connectivity index (χ0v) is 11.0. The quantitative estimate of drug-likeness (QED) is 0.861. The first-order chi connectivity index (χ1) is 9.75. The fraction of sp³-hybridized carbons (Fsp3) is 0.250. The van der Waals surface area contributed by atoms with Crippen molar-refractivity contribution in [3.05, 3.63) is 54.0 Å². The first-order valence-electron chi connectivity index (χ1n) is 6.70. The van der Waals surface area contributed by atoms with E-state index in [1.165, 1.54) is 0 Å². The van der Waals surface area contributed by atoms with E-state index in [-0.39, 0.29) is 11.7 Å². The number of hydrogen-bond donors (Lipinski definition) is 0. The maximum atomic E-state index is 12.3. The molecule has 0 bridgehead atoms. The highest BCUT2D eigenvalue weighted by Gasteiger charge is 2.26. The summed E-state index contributed by atoms with van der Waals surface area (Å²) in [6.45, 7) is 0.465. The molecule has 3 rings (SSSR count). The number of hydrogen-bond acceptors (Lipinski definition) is 3. The average molecular weight is 269 g/mol. The van der Waals surface area contributed by atoms with Gasteiger partial charge in [-0.15, -0.1) is 0 Å². The lowest BCUT2D eigenvalue weighted by Crippen LogP contribution is -2.37. The summed E-state index contributed by atoms with van der Waals surface area (Å²) in [4.78, 5) is 25.9. The highest BCUT2D eigenvalue weighted by atomic mass is 16.3. The summed E-state index contributed by atoms with van der Waals surface area (Å²) >= 11 is 0. The summed E-state index contributed by atoms with van der Waals surface area (Å²) in [5.74, 6) is 0.941. The highest BCUT2D eigenvalue weighted by molar-refractivity contribution is 6.08. The molecule has 4 heteroatoms. The van der Waals surface area contributed by atoms with Crippen LogP contribution in [0.5, 0.6) is 0 Å². The lowest BCUT2D eigenvalue weighted by Gasteiger charge is -2.28. The van der Waals surface area contributed by atoms with Crippen molar-refractivity contribution in [3.8, 4) is 0 Å². The zero-order valence-electron chi connectivity index (χ0n) is 11.0. The molecule has 0 atom stereocenters. The number of amides is 1. The van der Waals surface area contributed by atoms with Gasteiger partial charge >= 0.3 is 0 Å². The Morgan fingerprint density at radius 1 is 1.20 bits per heavy atom. The third-order valence-corrected chi connectivity index (χ3v) is 3.52. The van der Waals surface area contributed by atoms with Crippen LogP contribution >= 0.6 is 0 Å². The maximum Gasteiger partial charge on any atom is 0.227 e. The molecular weight excluding hydrogens is 254 g/mol. The van der Waals surface area contributed by atoms with Gasteiger partial charge in [0.05, 0.1) is 12.0 Å². The molecule has 0 aliphatic carbocycles. The van der Waals surface area contributed by atoms with E-state index in [0.29, 0.717) is 31.4 Å². The largest absolute Gasteiger partial charge is 0.469 e. The minimum Gasteiger partial charge on any atom is -0.469 e. The molecule has 1 aliphatic rings. The molecule has 102 valence electrons. The van der Waals surface area contributed by atoms with E-state index in [1.54, 1.807) is 17.2 Å². The Morgan fingerprint density at radius 3 is 2.85 bits per heavy atom. The number of ketones is 1. The molecule has 0 fully saturated rings. The molecule has 1 amide bonds. The van der Waals surface area contributed by atoms with Crippen molar-refractivity contribution in [1.82, 2.24) is 0 Å². The van der Waals surface area contributed by atoms with Gasteiger partial charge in [0.1, 0.15) is 5.76 Å². The molecule has 0 N–H and O–H groups in total. The Bertz CT molecular complexity index is 631. The van der Waals surface area contributed by atoms with Gasteiger partial charge < -0.3 is 9.32 Å². The molecule has 1 aromatic heterocycles. The number of Topliss-reactive ketones (excluding diaryl/α,β-unsaturated/α-hetero) is 1. The average Bonchev–Trinajstić information content (AvgIpc) is 2.99. The minimum atomic E-state index is 0.0290. The molecule has 1 aromatic carbocycles. The maximum absolute atomic E-state index is 12.3. The molecule has 0 saturated carbocycles. The second kappa shape index (κ2) is 5.33. The van der Waals surface area contributed by atoms with Crippen LogP contribution in [0.3, 0.4) is 0 Å². The summed E-state index contributed by atoms with van der Waals surface area (Å²) < 4.78 is 5.23. The Labute approximate surface area is 117 Å². The van der Waals surface area contributed by atoms with E-state index < -0.39 is 0 Å². The lowest BCUT2D eigenvalue weighted by atomic mass is 10.00. The Hall–Kier alpha value is -2.36. The summed E-state index contributed by atoms with van der Waals surface area (Å²) in [5.41, 5.74) is 1.37. The van der Waals surface area contributed by atoms with Gasteiger partial charge in [-0.3, -0.25) is 9.59 Å². The first kappa shape index (κ1) is 12.7. The van der Waals surface area contributed by atoms with Gasteiger partial charge in [0.2, 0.25) is 5.91 Å². The molecule has 1 aliphatic heterocycles. The fourth-order valence-electron chi connectivity index (χ4n) is 2.49. The van der Waals surface area contributed by atoms with Gasteiger partial charge in [0.15, 0.2) is 5.78 Å². The molecule has 0 saturated heterocycles. The van der Waals surface area contributed by atoms with Crippen LogP contribution < -0.4 is 4.90 Å². The van der Waals surface area contributed by atoms with Crippen molar-refractivity contribution < 1.29 is 14.0 Å². The van der Waals surface area contributed by atoms with Gasteiger partial charge in [0.25, 0.3) is 0 Å². The van der Waals surface area contributed by atoms with Gasteiger partial charge in [0, 0.05) is 31.4 Å². The normalized spacial score (nSPS) is 14.2. The number of carbonyl (C=O) groups is 2. The predicted octanol–water partition coefficient (Wildman–Crippen LogP) is 2.83. The van der Waals surface area contributed by atoms with Crippen LogP contribution in [0.2, 0.25) is 0 Å². The monoisotopic (exact) mass is 269 g/mol. The fourth-order valence-corrected chi connectivity index (χ4v) is 2.49. The molecule has 0 radical (unpaired) electrons. The van der Waals surface area contributed by atoms with Crippen LogP contribution in [0, 0.1) is 0 Å². The third-order valence-electron chi connectivity index (χ3n) is 3.52. The molecule has 0 spiro atoms. The van der Waals surface area contributed by atoms with E-state index in [1.807, 2.05) is 30.3 Å². The summed E-state index contributed by atoms with van der Waals surface area (Å²) in [7, 11) is 0. The minimum absolute atomic E-state index is 0.0290. The van der Waals surface area contributed by atoms with Gasteiger partial charge in [-0.2, -0.15) is 0 Å². The van der Waals surface area contributed by atoms with Crippen molar-refractivity contribution in [1.29, 1.82) is 0 Å². The molecule has 4 nitrogen and oxygen atoms in total. The number of carbonyl (C=O) groups excluding carboxylic acids is 2. The first-order valence-corrected chi connectivity index (χ1v) is 6.70. The van der Waals surface area contributed by atoms with E-state index in [2.05, 4.69) is 0 Å². The number of fused-ring (bicyclic) bond motifs is 1. The van der Waals surface area contributed by atoms with Crippen LogP contribution in [-0.4, -0.2) is 18.2 Å². The lowest BCUT2D eigenvalue weighted by molar-refractivity contribution is -0.118. The number of aryl methyl sites for hydroxylation is 1. The van der Waals surface area contributed by atoms with Crippen LogP contribution in [0.25, 0.3) is 0 Å². The highest BCUT2D eigenvalue weighted by Crippen LogP contribution is 2.27. The van der Waals surface area contributed by atoms with Gasteiger partial charge in [-0.25, -0.2) is 0 Å². The second-order valence-electron chi connectivity index (χ2n) is 4.82. The van der Waals surface area contributed by atoms with Crippen LogP contribution in [0.1, 0.15) is 29.0 Å². The Morgan fingerprint density at radius 2 is 2.05 bits per heavy atom.